The van der Waals surface area contributed by atoms with Crippen molar-refractivity contribution in [3.05, 3.63) is 0 Å². The average Bonchev–Trinajstić information content (AvgIpc) is 2.72. The van der Waals surface area contributed by atoms with Gasteiger partial charge in [0.25, 0.3) is 0 Å². The summed E-state index contributed by atoms with van der Waals surface area (Å²) in [5.41, 5.74) is 0. The van der Waals surface area contributed by atoms with Crippen LogP contribution in [0.2, 0.25) is 0 Å². The van der Waals surface area contributed by atoms with Gasteiger partial charge in [0, 0.05) is 25.6 Å². The molecule has 2 fully saturated rings. The lowest BCUT2D eigenvalue weighted by Crippen LogP contribution is -2.23. The van der Waals surface area contributed by atoms with Crippen molar-refractivity contribution in [3.8, 4) is 0 Å². The van der Waals surface area contributed by atoms with E-state index in [1.54, 1.807) is 0 Å². The van der Waals surface area contributed by atoms with Crippen LogP contribution in [0, 0.1) is 11.8 Å². The highest BCUT2D eigenvalue weighted by molar-refractivity contribution is 5.81. The lowest BCUT2D eigenvalue weighted by Gasteiger charge is -2.22. The van der Waals surface area contributed by atoms with Gasteiger partial charge < -0.3 is 4.74 Å². The van der Waals surface area contributed by atoms with Crippen LogP contribution in [0.3, 0.4) is 0 Å². The van der Waals surface area contributed by atoms with Gasteiger partial charge in [-0.2, -0.15) is 0 Å². The van der Waals surface area contributed by atoms with E-state index in [0.717, 1.165) is 38.9 Å². The third-order valence-corrected chi connectivity index (χ3v) is 3.55. The summed E-state index contributed by atoms with van der Waals surface area (Å²) in [5.74, 6) is 1.44. The van der Waals surface area contributed by atoms with E-state index in [1.165, 1.54) is 19.3 Å². The summed E-state index contributed by atoms with van der Waals surface area (Å²) in [5, 5.41) is 0. The van der Waals surface area contributed by atoms with Gasteiger partial charge in [0.05, 0.1) is 0 Å². The zero-order valence-corrected chi connectivity index (χ0v) is 8.84. The van der Waals surface area contributed by atoms with Gasteiger partial charge in [-0.3, -0.25) is 4.79 Å². The molecule has 0 amide bonds. The fourth-order valence-electron chi connectivity index (χ4n) is 2.67. The summed E-state index contributed by atoms with van der Waals surface area (Å²) in [4.78, 5) is 11.9. The number of hydrogen-bond acceptors (Lipinski definition) is 2. The van der Waals surface area contributed by atoms with Gasteiger partial charge in [0.15, 0.2) is 0 Å². The Balaban J connectivity index is 1.75. The van der Waals surface area contributed by atoms with E-state index < -0.39 is 0 Å². The van der Waals surface area contributed by atoms with E-state index >= 15 is 0 Å². The number of carbonyl (C=O) groups excluding carboxylic acids is 1. The Morgan fingerprint density at radius 2 is 1.93 bits per heavy atom. The topological polar surface area (TPSA) is 26.3 Å². The van der Waals surface area contributed by atoms with Crippen LogP contribution in [0.25, 0.3) is 0 Å². The van der Waals surface area contributed by atoms with E-state index in [-0.39, 0.29) is 0 Å². The van der Waals surface area contributed by atoms with Gasteiger partial charge in [-0.25, -0.2) is 0 Å². The smallest absolute Gasteiger partial charge is 0.136 e. The molecule has 0 spiro atoms. The van der Waals surface area contributed by atoms with Crippen LogP contribution in [0.15, 0.2) is 0 Å². The molecule has 1 atom stereocenters. The number of ketones is 1. The highest BCUT2D eigenvalue weighted by Crippen LogP contribution is 2.29. The molecule has 0 aromatic carbocycles. The van der Waals surface area contributed by atoms with Crippen molar-refractivity contribution in [2.75, 3.05) is 13.2 Å². The summed E-state index contributed by atoms with van der Waals surface area (Å²) in [6, 6.07) is 0. The highest BCUT2D eigenvalue weighted by atomic mass is 16.5. The van der Waals surface area contributed by atoms with Gasteiger partial charge >= 0.3 is 0 Å². The SMILES string of the molecule is O=C(CC1CCCOC1)C1CCCC1. The van der Waals surface area contributed by atoms with Gasteiger partial charge in [0.1, 0.15) is 5.78 Å². The molecule has 0 N–H and O–H groups in total. The maximum atomic E-state index is 11.9. The number of ether oxygens (including phenoxy) is 1. The predicted octanol–water partition coefficient (Wildman–Crippen LogP) is 2.56. The zero-order valence-electron chi connectivity index (χ0n) is 8.84. The summed E-state index contributed by atoms with van der Waals surface area (Å²) in [6.07, 6.45) is 7.93. The molecular formula is C12H20O2. The van der Waals surface area contributed by atoms with Crippen molar-refractivity contribution < 1.29 is 9.53 Å². The Hall–Kier alpha value is -0.370. The summed E-state index contributed by atoms with van der Waals surface area (Å²) >= 11 is 0. The standard InChI is InChI=1S/C12H20O2/c13-12(11-5-1-2-6-11)8-10-4-3-7-14-9-10/h10-11H,1-9H2. The molecule has 0 aromatic rings. The van der Waals surface area contributed by atoms with E-state index in [0.29, 0.717) is 17.6 Å². The number of rotatable bonds is 3. The maximum absolute atomic E-state index is 11.9. The molecule has 1 aliphatic carbocycles. The molecule has 1 saturated heterocycles. The van der Waals surface area contributed by atoms with Crippen LogP contribution in [0.4, 0.5) is 0 Å². The normalized spacial score (nSPS) is 29.3. The Kier molecular flexibility index (Phi) is 3.57. The first-order valence-corrected chi connectivity index (χ1v) is 5.96. The minimum atomic E-state index is 0.400. The van der Waals surface area contributed by atoms with Gasteiger partial charge in [-0.05, 0) is 31.6 Å². The minimum Gasteiger partial charge on any atom is -0.381 e. The monoisotopic (exact) mass is 196 g/mol. The molecule has 2 aliphatic rings. The molecule has 14 heavy (non-hydrogen) atoms. The first-order chi connectivity index (χ1) is 6.86. The Morgan fingerprint density at radius 1 is 1.14 bits per heavy atom. The molecule has 1 aliphatic heterocycles. The quantitative estimate of drug-likeness (QED) is 0.693. The first kappa shape index (κ1) is 10.2. The molecule has 2 rings (SSSR count). The third kappa shape index (κ3) is 2.57. The van der Waals surface area contributed by atoms with Crippen LogP contribution < -0.4 is 0 Å². The van der Waals surface area contributed by atoms with E-state index in [1.807, 2.05) is 0 Å². The van der Waals surface area contributed by atoms with Crippen LogP contribution in [-0.4, -0.2) is 19.0 Å². The van der Waals surface area contributed by atoms with Crippen molar-refractivity contribution in [2.24, 2.45) is 11.8 Å². The second-order valence-electron chi connectivity index (χ2n) is 4.73. The van der Waals surface area contributed by atoms with Crippen molar-refractivity contribution in [2.45, 2.75) is 44.9 Å². The number of hydrogen-bond donors (Lipinski definition) is 0. The fourth-order valence-corrected chi connectivity index (χ4v) is 2.67. The van der Waals surface area contributed by atoms with Crippen LogP contribution in [-0.2, 0) is 9.53 Å². The molecule has 0 radical (unpaired) electrons. The van der Waals surface area contributed by atoms with Gasteiger partial charge in [0.2, 0.25) is 0 Å². The molecule has 1 unspecified atom stereocenters. The summed E-state index contributed by atoms with van der Waals surface area (Å²) in [7, 11) is 0. The Bertz CT molecular complexity index is 188. The van der Waals surface area contributed by atoms with Gasteiger partial charge in [-0.15, -0.1) is 0 Å². The van der Waals surface area contributed by atoms with Crippen LogP contribution >= 0.6 is 0 Å². The van der Waals surface area contributed by atoms with Crippen LogP contribution in [0.1, 0.15) is 44.9 Å². The largest absolute Gasteiger partial charge is 0.381 e. The maximum Gasteiger partial charge on any atom is 0.136 e. The molecular weight excluding hydrogens is 176 g/mol. The summed E-state index contributed by atoms with van der Waals surface area (Å²) in [6.45, 7) is 1.71. The molecule has 1 saturated carbocycles. The van der Waals surface area contributed by atoms with Crippen molar-refractivity contribution in [1.82, 2.24) is 0 Å². The molecule has 80 valence electrons. The molecule has 0 aromatic heterocycles. The Labute approximate surface area is 86.0 Å². The lowest BCUT2D eigenvalue weighted by atomic mass is 9.90. The minimum absolute atomic E-state index is 0.400. The van der Waals surface area contributed by atoms with Crippen molar-refractivity contribution in [1.29, 1.82) is 0 Å². The molecule has 2 nitrogen and oxygen atoms in total. The first-order valence-electron chi connectivity index (χ1n) is 5.96. The van der Waals surface area contributed by atoms with Gasteiger partial charge in [-0.1, -0.05) is 12.8 Å². The predicted molar refractivity (Wildman–Crippen MR) is 55.1 cm³/mol. The molecule has 0 bridgehead atoms. The lowest BCUT2D eigenvalue weighted by molar-refractivity contribution is -0.124. The third-order valence-electron chi connectivity index (χ3n) is 3.55. The van der Waals surface area contributed by atoms with E-state index in [2.05, 4.69) is 0 Å². The second-order valence-corrected chi connectivity index (χ2v) is 4.73. The second kappa shape index (κ2) is 4.92. The van der Waals surface area contributed by atoms with Crippen molar-refractivity contribution >= 4 is 5.78 Å². The van der Waals surface area contributed by atoms with Crippen molar-refractivity contribution in [3.63, 3.8) is 0 Å². The molecule has 1 heterocycles. The summed E-state index contributed by atoms with van der Waals surface area (Å²) < 4.78 is 5.39. The zero-order chi connectivity index (χ0) is 9.80. The number of carbonyl (C=O) groups is 1. The van der Waals surface area contributed by atoms with E-state index in [4.69, 9.17) is 4.74 Å². The Morgan fingerprint density at radius 3 is 2.57 bits per heavy atom. The molecule has 2 heteroatoms. The van der Waals surface area contributed by atoms with E-state index in [9.17, 15) is 4.79 Å². The highest BCUT2D eigenvalue weighted by Gasteiger charge is 2.25. The van der Waals surface area contributed by atoms with Crippen LogP contribution in [0.5, 0.6) is 0 Å². The fraction of sp³-hybridized carbons (Fsp3) is 0.917. The average molecular weight is 196 g/mol. The number of Topliss-reactive ketones (excluding diaryl/α,β-unsaturated/α-hetero) is 1.